The molecule has 0 saturated heterocycles. The molecule has 0 radical (unpaired) electrons. The second-order valence-electron chi connectivity index (χ2n) is 5.43. The molecule has 1 N–H and O–H groups in total. The molecule has 0 unspecified atom stereocenters. The zero-order valence-electron chi connectivity index (χ0n) is 10.7. The Kier molecular flexibility index (Phi) is 4.65. The summed E-state index contributed by atoms with van der Waals surface area (Å²) < 4.78 is 0. The van der Waals surface area contributed by atoms with E-state index in [9.17, 15) is 9.59 Å². The van der Waals surface area contributed by atoms with E-state index in [0.717, 1.165) is 0 Å². The number of ketones is 2. The normalized spacial score (nSPS) is 12.7. The van der Waals surface area contributed by atoms with E-state index in [1.165, 1.54) is 0 Å². The van der Waals surface area contributed by atoms with Crippen molar-refractivity contribution in [2.45, 2.75) is 53.5 Å². The fourth-order valence-corrected chi connectivity index (χ4v) is 1.11. The zero-order valence-corrected chi connectivity index (χ0v) is 10.7. The summed E-state index contributed by atoms with van der Waals surface area (Å²) >= 11 is 0. The maximum Gasteiger partial charge on any atom is 0.152 e. The van der Waals surface area contributed by atoms with E-state index >= 15 is 0 Å². The van der Waals surface area contributed by atoms with E-state index in [2.05, 4.69) is 5.32 Å². The first kappa shape index (κ1) is 14.3. The fourth-order valence-electron chi connectivity index (χ4n) is 1.11. The number of carbonyl (C=O) groups excluding carboxylic acids is 2. The molecule has 0 aromatic carbocycles. The third kappa shape index (κ3) is 4.56. The van der Waals surface area contributed by atoms with Gasteiger partial charge in [0.15, 0.2) is 11.6 Å². The molecule has 3 nitrogen and oxygen atoms in total. The topological polar surface area (TPSA) is 46.2 Å². The molecular weight excluding hydrogens is 190 g/mol. The van der Waals surface area contributed by atoms with E-state index in [1.54, 1.807) is 0 Å². The van der Waals surface area contributed by atoms with E-state index in [1.807, 2.05) is 41.5 Å². The number of hydrogen-bond donors (Lipinski definition) is 1. The minimum absolute atomic E-state index is 0.125. The number of Topliss-reactive ketones (excluding diaryl/α,β-unsaturated/α-hetero) is 2. The van der Waals surface area contributed by atoms with Crippen LogP contribution in [0.25, 0.3) is 0 Å². The predicted molar refractivity (Wildman–Crippen MR) is 61.8 cm³/mol. The van der Waals surface area contributed by atoms with Gasteiger partial charge < -0.3 is 0 Å². The molecule has 0 rings (SSSR count). The van der Waals surface area contributed by atoms with Crippen molar-refractivity contribution in [3.63, 3.8) is 0 Å². The summed E-state index contributed by atoms with van der Waals surface area (Å²) in [5, 5.41) is 3.02. The zero-order chi connectivity index (χ0) is 12.3. The molecule has 88 valence electrons. The van der Waals surface area contributed by atoms with Crippen molar-refractivity contribution >= 4 is 11.6 Å². The Bertz CT molecular complexity index is 249. The van der Waals surface area contributed by atoms with Gasteiger partial charge in [0.25, 0.3) is 0 Å². The highest BCUT2D eigenvalue weighted by Crippen LogP contribution is 2.15. The number of rotatable bonds is 5. The molecule has 0 aliphatic carbocycles. The van der Waals surface area contributed by atoms with Gasteiger partial charge in [-0.3, -0.25) is 14.9 Å². The summed E-state index contributed by atoms with van der Waals surface area (Å²) in [5.74, 6) is 0.253. The maximum atomic E-state index is 11.6. The van der Waals surface area contributed by atoms with Crippen LogP contribution in [0.15, 0.2) is 0 Å². The van der Waals surface area contributed by atoms with E-state index in [0.29, 0.717) is 6.42 Å². The third-order valence-electron chi connectivity index (χ3n) is 2.55. The minimum Gasteiger partial charge on any atom is -0.298 e. The first-order chi connectivity index (χ1) is 6.61. The molecular formula is C12H23NO2. The summed E-state index contributed by atoms with van der Waals surface area (Å²) in [6.45, 7) is 11.4. The van der Waals surface area contributed by atoms with Gasteiger partial charge in [0.05, 0.1) is 12.1 Å². The van der Waals surface area contributed by atoms with Crippen LogP contribution in [0.1, 0.15) is 48.0 Å². The third-order valence-corrected chi connectivity index (χ3v) is 2.55. The monoisotopic (exact) mass is 213 g/mol. The van der Waals surface area contributed by atoms with E-state index in [4.69, 9.17) is 0 Å². The average Bonchev–Trinajstić information content (AvgIpc) is 2.11. The van der Waals surface area contributed by atoms with Crippen molar-refractivity contribution in [2.75, 3.05) is 6.54 Å². The van der Waals surface area contributed by atoms with Crippen LogP contribution in [0.2, 0.25) is 0 Å². The predicted octanol–water partition coefficient (Wildman–Crippen LogP) is 1.95. The lowest BCUT2D eigenvalue weighted by Crippen LogP contribution is -2.49. The van der Waals surface area contributed by atoms with Crippen molar-refractivity contribution in [3.05, 3.63) is 0 Å². The SMILES string of the molecule is CCC(=O)C(C)(C)NCC(=O)C(C)(C)C. The number of carbonyl (C=O) groups is 2. The quantitative estimate of drug-likeness (QED) is 0.759. The summed E-state index contributed by atoms with van der Waals surface area (Å²) in [6, 6.07) is 0. The highest BCUT2D eigenvalue weighted by Gasteiger charge is 2.28. The highest BCUT2D eigenvalue weighted by molar-refractivity contribution is 5.89. The van der Waals surface area contributed by atoms with Crippen molar-refractivity contribution in [1.29, 1.82) is 0 Å². The Morgan fingerprint density at radius 2 is 1.47 bits per heavy atom. The first-order valence-corrected chi connectivity index (χ1v) is 5.43. The second-order valence-corrected chi connectivity index (χ2v) is 5.43. The Morgan fingerprint density at radius 1 is 1.00 bits per heavy atom. The van der Waals surface area contributed by atoms with Gasteiger partial charge in [0.1, 0.15) is 0 Å². The van der Waals surface area contributed by atoms with Gasteiger partial charge in [0.2, 0.25) is 0 Å². The Balaban J connectivity index is 4.28. The molecule has 0 aromatic heterocycles. The van der Waals surface area contributed by atoms with Gasteiger partial charge in [-0.1, -0.05) is 27.7 Å². The van der Waals surface area contributed by atoms with E-state index < -0.39 is 5.54 Å². The Morgan fingerprint density at radius 3 is 1.80 bits per heavy atom. The van der Waals surface area contributed by atoms with Gasteiger partial charge in [0, 0.05) is 11.8 Å². The van der Waals surface area contributed by atoms with Crippen molar-refractivity contribution in [2.24, 2.45) is 5.41 Å². The van der Waals surface area contributed by atoms with Gasteiger partial charge in [-0.2, -0.15) is 0 Å². The van der Waals surface area contributed by atoms with Gasteiger partial charge in [-0.25, -0.2) is 0 Å². The lowest BCUT2D eigenvalue weighted by molar-refractivity contribution is -0.127. The molecule has 0 aliphatic rings. The molecule has 0 aliphatic heterocycles. The molecule has 15 heavy (non-hydrogen) atoms. The van der Waals surface area contributed by atoms with Gasteiger partial charge in [-0.15, -0.1) is 0 Å². The van der Waals surface area contributed by atoms with Crippen LogP contribution >= 0.6 is 0 Å². The summed E-state index contributed by atoms with van der Waals surface area (Å²) in [6.07, 6.45) is 0.490. The molecule has 0 spiro atoms. The second kappa shape index (κ2) is 4.88. The molecule has 0 fully saturated rings. The van der Waals surface area contributed by atoms with Crippen LogP contribution in [0.3, 0.4) is 0 Å². The highest BCUT2D eigenvalue weighted by atomic mass is 16.1. The standard InChI is InChI=1S/C12H23NO2/c1-7-9(14)12(5,6)13-8-10(15)11(2,3)4/h13H,7-8H2,1-6H3. The fraction of sp³-hybridized carbons (Fsp3) is 0.833. The largest absolute Gasteiger partial charge is 0.298 e. The summed E-state index contributed by atoms with van der Waals surface area (Å²) in [4.78, 5) is 23.2. The lowest BCUT2D eigenvalue weighted by atomic mass is 9.89. The Labute approximate surface area is 92.6 Å². The van der Waals surface area contributed by atoms with Crippen molar-refractivity contribution < 1.29 is 9.59 Å². The van der Waals surface area contributed by atoms with Crippen molar-refractivity contribution in [1.82, 2.24) is 5.32 Å². The van der Waals surface area contributed by atoms with Gasteiger partial charge >= 0.3 is 0 Å². The van der Waals surface area contributed by atoms with Crippen LogP contribution in [-0.4, -0.2) is 23.7 Å². The lowest BCUT2D eigenvalue weighted by Gasteiger charge is -2.26. The minimum atomic E-state index is -0.602. The average molecular weight is 213 g/mol. The van der Waals surface area contributed by atoms with Crippen LogP contribution in [0.4, 0.5) is 0 Å². The van der Waals surface area contributed by atoms with Crippen LogP contribution in [-0.2, 0) is 9.59 Å². The summed E-state index contributed by atoms with van der Waals surface area (Å²) in [7, 11) is 0. The van der Waals surface area contributed by atoms with Crippen molar-refractivity contribution in [3.8, 4) is 0 Å². The maximum absolute atomic E-state index is 11.6. The van der Waals surface area contributed by atoms with Crippen LogP contribution in [0.5, 0.6) is 0 Å². The molecule has 0 bridgehead atoms. The molecule has 0 atom stereocenters. The molecule has 0 aromatic rings. The van der Waals surface area contributed by atoms with Crippen LogP contribution in [0, 0.1) is 5.41 Å². The van der Waals surface area contributed by atoms with Crippen LogP contribution < -0.4 is 5.32 Å². The molecule has 3 heteroatoms. The molecule has 0 saturated carbocycles. The number of hydrogen-bond acceptors (Lipinski definition) is 3. The summed E-state index contributed by atoms with van der Waals surface area (Å²) in [5.41, 5.74) is -0.950. The smallest absolute Gasteiger partial charge is 0.152 e. The van der Waals surface area contributed by atoms with E-state index in [-0.39, 0.29) is 23.5 Å². The molecule has 0 heterocycles. The first-order valence-electron chi connectivity index (χ1n) is 5.43. The number of nitrogens with one attached hydrogen (secondary N) is 1. The van der Waals surface area contributed by atoms with Gasteiger partial charge in [-0.05, 0) is 13.8 Å². The Hall–Kier alpha value is -0.700. The molecule has 0 amide bonds.